The van der Waals surface area contributed by atoms with E-state index in [4.69, 9.17) is 10.5 Å². The van der Waals surface area contributed by atoms with Crippen molar-refractivity contribution in [2.45, 2.75) is 26.2 Å². The molecule has 3 rings (SSSR count). The van der Waals surface area contributed by atoms with Gasteiger partial charge < -0.3 is 15.5 Å². The van der Waals surface area contributed by atoms with E-state index in [-0.39, 0.29) is 11.0 Å². The van der Waals surface area contributed by atoms with Crippen LogP contribution in [0.4, 0.5) is 5.69 Å². The van der Waals surface area contributed by atoms with Gasteiger partial charge in [-0.15, -0.1) is 0 Å². The first-order valence-corrected chi connectivity index (χ1v) is 9.24. The van der Waals surface area contributed by atoms with Gasteiger partial charge in [0, 0.05) is 28.6 Å². The second-order valence-corrected chi connectivity index (χ2v) is 7.81. The third-order valence-corrected chi connectivity index (χ3v) is 4.65. The summed E-state index contributed by atoms with van der Waals surface area (Å²) in [5, 5.41) is 0. The zero-order chi connectivity index (χ0) is 20.3. The first-order valence-electron chi connectivity index (χ1n) is 9.24. The van der Waals surface area contributed by atoms with Crippen molar-refractivity contribution in [3.05, 3.63) is 81.8 Å². The first-order chi connectivity index (χ1) is 13.3. The van der Waals surface area contributed by atoms with Crippen LogP contribution in [-0.4, -0.2) is 12.1 Å². The minimum atomic E-state index is -0.146. The summed E-state index contributed by atoms with van der Waals surface area (Å²) in [6, 6.07) is 15.4. The molecule has 1 heterocycles. The highest BCUT2D eigenvalue weighted by molar-refractivity contribution is 5.78. The van der Waals surface area contributed by atoms with Gasteiger partial charge in [-0.05, 0) is 52.9 Å². The molecule has 3 aromatic rings. The number of hydrogen-bond donors (Lipinski definition) is 2. The second kappa shape index (κ2) is 7.77. The molecule has 28 heavy (non-hydrogen) atoms. The van der Waals surface area contributed by atoms with E-state index in [1.807, 2.05) is 60.7 Å². The number of nitrogens with one attached hydrogen (secondary N) is 1. The minimum absolute atomic E-state index is 0.110. The molecular formula is C24H26N2O2. The van der Waals surface area contributed by atoms with Gasteiger partial charge in [0.1, 0.15) is 5.75 Å². The van der Waals surface area contributed by atoms with Crippen molar-refractivity contribution in [2.75, 3.05) is 12.8 Å². The smallest absolute Gasteiger partial charge is 0.255 e. The first kappa shape index (κ1) is 19.5. The van der Waals surface area contributed by atoms with Gasteiger partial charge in [0.05, 0.1) is 7.11 Å². The van der Waals surface area contributed by atoms with Crippen molar-refractivity contribution >= 4 is 17.8 Å². The average Bonchev–Trinajstić information content (AvgIpc) is 2.66. The van der Waals surface area contributed by atoms with E-state index in [2.05, 4.69) is 25.8 Å². The highest BCUT2D eigenvalue weighted by Crippen LogP contribution is 2.38. The van der Waals surface area contributed by atoms with E-state index in [0.29, 0.717) is 5.56 Å². The van der Waals surface area contributed by atoms with Crippen LogP contribution in [0.2, 0.25) is 0 Å². The summed E-state index contributed by atoms with van der Waals surface area (Å²) in [5.41, 5.74) is 10.8. The Labute approximate surface area is 165 Å². The van der Waals surface area contributed by atoms with Gasteiger partial charge in [-0.3, -0.25) is 4.79 Å². The Morgan fingerprint density at radius 3 is 2.36 bits per heavy atom. The Hall–Kier alpha value is -3.27. The fraction of sp³-hybridized carbons (Fsp3) is 0.208. The zero-order valence-corrected chi connectivity index (χ0v) is 16.7. The molecule has 2 aromatic carbocycles. The second-order valence-electron chi connectivity index (χ2n) is 7.81. The van der Waals surface area contributed by atoms with Crippen molar-refractivity contribution in [1.82, 2.24) is 4.98 Å². The molecule has 0 saturated carbocycles. The quantitative estimate of drug-likeness (QED) is 0.493. The van der Waals surface area contributed by atoms with Crippen molar-refractivity contribution in [3.8, 4) is 16.9 Å². The molecular weight excluding hydrogens is 348 g/mol. The van der Waals surface area contributed by atoms with Gasteiger partial charge in [-0.1, -0.05) is 45.1 Å². The number of hydrogen-bond acceptors (Lipinski definition) is 3. The maximum absolute atomic E-state index is 12.3. The third kappa shape index (κ3) is 4.17. The molecule has 0 aliphatic carbocycles. The summed E-state index contributed by atoms with van der Waals surface area (Å²) in [5.74, 6) is 0.815. The van der Waals surface area contributed by atoms with Crippen LogP contribution in [0.3, 0.4) is 0 Å². The molecule has 0 amide bonds. The summed E-state index contributed by atoms with van der Waals surface area (Å²) >= 11 is 0. The number of nitrogens with two attached hydrogens (primary N) is 1. The number of rotatable bonds is 4. The van der Waals surface area contributed by atoms with E-state index in [1.165, 1.54) is 0 Å². The lowest BCUT2D eigenvalue weighted by Gasteiger charge is -2.24. The molecule has 0 atom stereocenters. The van der Waals surface area contributed by atoms with Crippen LogP contribution in [0.15, 0.2) is 59.5 Å². The van der Waals surface area contributed by atoms with E-state index >= 15 is 0 Å². The summed E-state index contributed by atoms with van der Waals surface area (Å²) in [6.07, 6.45) is 5.67. The summed E-state index contributed by atoms with van der Waals surface area (Å²) < 4.78 is 5.77. The van der Waals surface area contributed by atoms with Gasteiger partial charge in [0.15, 0.2) is 0 Å². The molecule has 0 spiro atoms. The van der Waals surface area contributed by atoms with Crippen LogP contribution in [0, 0.1) is 0 Å². The Morgan fingerprint density at radius 2 is 1.75 bits per heavy atom. The Balaban J connectivity index is 2.19. The van der Waals surface area contributed by atoms with E-state index in [9.17, 15) is 4.79 Å². The summed E-state index contributed by atoms with van der Waals surface area (Å²) in [4.78, 5) is 15.1. The van der Waals surface area contributed by atoms with Gasteiger partial charge >= 0.3 is 0 Å². The highest BCUT2D eigenvalue weighted by atomic mass is 16.5. The van der Waals surface area contributed by atoms with Crippen LogP contribution in [0.5, 0.6) is 5.75 Å². The maximum atomic E-state index is 12.3. The van der Waals surface area contributed by atoms with Crippen LogP contribution in [-0.2, 0) is 5.41 Å². The molecule has 144 valence electrons. The number of pyridine rings is 1. The number of anilines is 1. The predicted octanol–water partition coefficient (Wildman–Crippen LogP) is 5.10. The molecule has 1 aromatic heterocycles. The predicted molar refractivity (Wildman–Crippen MR) is 118 cm³/mol. The zero-order valence-electron chi connectivity index (χ0n) is 16.7. The van der Waals surface area contributed by atoms with E-state index in [1.54, 1.807) is 13.3 Å². The minimum Gasteiger partial charge on any atom is -0.496 e. The van der Waals surface area contributed by atoms with Crippen molar-refractivity contribution in [3.63, 3.8) is 0 Å². The number of H-pyrrole nitrogens is 1. The summed E-state index contributed by atoms with van der Waals surface area (Å²) in [7, 11) is 1.68. The fourth-order valence-corrected chi connectivity index (χ4v) is 3.16. The number of methoxy groups -OCH3 is 1. The van der Waals surface area contributed by atoms with Crippen molar-refractivity contribution in [2.24, 2.45) is 0 Å². The lowest BCUT2D eigenvalue weighted by atomic mass is 9.83. The topological polar surface area (TPSA) is 68.1 Å². The van der Waals surface area contributed by atoms with Gasteiger partial charge in [-0.2, -0.15) is 0 Å². The maximum Gasteiger partial charge on any atom is 0.255 e. The standard InChI is InChI=1S/C24H26N2O2/c1-24(2,3)21-15-18(20-6-5-13-26-23(20)27)14-17(22(21)28-4)10-7-16-8-11-19(25)12-9-16/h5-15H,25H2,1-4H3,(H,26,27). The number of ether oxygens (including phenoxy) is 1. The SMILES string of the molecule is COc1c(C=Cc2ccc(N)cc2)cc(-c2ccc[nH]c2=O)cc1C(C)(C)C. The normalized spacial score (nSPS) is 11.7. The molecule has 3 N–H and O–H groups in total. The Kier molecular flexibility index (Phi) is 5.41. The molecule has 0 unspecified atom stereocenters. The van der Waals surface area contributed by atoms with Gasteiger partial charge in [0.25, 0.3) is 5.56 Å². The molecule has 0 aliphatic heterocycles. The molecule has 0 fully saturated rings. The van der Waals surface area contributed by atoms with Crippen molar-refractivity contribution in [1.29, 1.82) is 0 Å². The Bertz CT molecular complexity index is 1060. The molecule has 4 heteroatoms. The van der Waals surface area contributed by atoms with Crippen molar-refractivity contribution < 1.29 is 4.74 Å². The fourth-order valence-electron chi connectivity index (χ4n) is 3.16. The summed E-state index contributed by atoms with van der Waals surface area (Å²) in [6.45, 7) is 6.41. The van der Waals surface area contributed by atoms with Crippen LogP contribution in [0.1, 0.15) is 37.5 Å². The lowest BCUT2D eigenvalue weighted by molar-refractivity contribution is 0.397. The molecule has 0 radical (unpaired) electrons. The molecule has 0 bridgehead atoms. The Morgan fingerprint density at radius 1 is 1.04 bits per heavy atom. The monoisotopic (exact) mass is 374 g/mol. The molecule has 0 saturated heterocycles. The average molecular weight is 374 g/mol. The van der Waals surface area contributed by atoms with Gasteiger partial charge in [0.2, 0.25) is 0 Å². The number of benzene rings is 2. The van der Waals surface area contributed by atoms with Crippen LogP contribution < -0.4 is 16.0 Å². The molecule has 0 aliphatic rings. The number of aromatic amines is 1. The molecule has 4 nitrogen and oxygen atoms in total. The lowest BCUT2D eigenvalue weighted by Crippen LogP contribution is -2.15. The highest BCUT2D eigenvalue weighted by Gasteiger charge is 2.22. The number of aromatic nitrogens is 1. The van der Waals surface area contributed by atoms with Crippen LogP contribution >= 0.6 is 0 Å². The third-order valence-electron chi connectivity index (χ3n) is 4.65. The van der Waals surface area contributed by atoms with E-state index in [0.717, 1.165) is 33.7 Å². The van der Waals surface area contributed by atoms with Gasteiger partial charge in [-0.25, -0.2) is 0 Å². The van der Waals surface area contributed by atoms with Crippen LogP contribution in [0.25, 0.3) is 23.3 Å². The number of nitrogen functional groups attached to an aromatic ring is 1. The largest absolute Gasteiger partial charge is 0.496 e. The van der Waals surface area contributed by atoms with E-state index < -0.39 is 0 Å².